The number of guanidine groups is 1. The summed E-state index contributed by atoms with van der Waals surface area (Å²) in [4.78, 5) is 11.5. The van der Waals surface area contributed by atoms with Crippen molar-refractivity contribution in [2.24, 2.45) is 10.4 Å². The molecule has 0 bridgehead atoms. The van der Waals surface area contributed by atoms with E-state index in [9.17, 15) is 0 Å². The van der Waals surface area contributed by atoms with Crippen molar-refractivity contribution in [3.8, 4) is 11.4 Å². The van der Waals surface area contributed by atoms with E-state index in [0.717, 1.165) is 31.2 Å². The fraction of sp³-hybridized carbons (Fsp3) is 0.526. The van der Waals surface area contributed by atoms with Gasteiger partial charge >= 0.3 is 0 Å². The van der Waals surface area contributed by atoms with Crippen LogP contribution in [0.1, 0.15) is 38.5 Å². The SMILES string of the molecule is CCNC(=NCc1nc(-c2ccc(Cl)cc2)no1)N1CCC2(CCC2)C1.I. The largest absolute Gasteiger partial charge is 0.357 e. The number of nitrogens with one attached hydrogen (secondary N) is 1. The van der Waals surface area contributed by atoms with Crippen LogP contribution in [-0.2, 0) is 6.54 Å². The molecule has 2 aliphatic rings. The van der Waals surface area contributed by atoms with E-state index >= 15 is 0 Å². The number of likely N-dealkylation sites (tertiary alicyclic amines) is 1. The quantitative estimate of drug-likeness (QED) is 0.383. The zero-order chi connectivity index (χ0) is 18.0. The fourth-order valence-electron chi connectivity index (χ4n) is 3.80. The van der Waals surface area contributed by atoms with Crippen LogP contribution in [0.4, 0.5) is 0 Å². The Balaban J connectivity index is 0.00000210. The van der Waals surface area contributed by atoms with Crippen LogP contribution < -0.4 is 5.32 Å². The van der Waals surface area contributed by atoms with Gasteiger partial charge in [0, 0.05) is 30.2 Å². The summed E-state index contributed by atoms with van der Waals surface area (Å²) in [6.07, 6.45) is 5.36. The van der Waals surface area contributed by atoms with E-state index in [4.69, 9.17) is 21.1 Å². The maximum Gasteiger partial charge on any atom is 0.248 e. The molecule has 1 N–H and O–H groups in total. The van der Waals surface area contributed by atoms with E-state index in [1.807, 2.05) is 24.3 Å². The van der Waals surface area contributed by atoms with Crippen LogP contribution in [0.5, 0.6) is 0 Å². The second kappa shape index (κ2) is 8.77. The minimum atomic E-state index is 0. The van der Waals surface area contributed by atoms with Gasteiger partial charge in [-0.1, -0.05) is 23.2 Å². The highest BCUT2D eigenvalue weighted by atomic mass is 127. The molecule has 27 heavy (non-hydrogen) atoms. The smallest absolute Gasteiger partial charge is 0.248 e. The monoisotopic (exact) mass is 501 g/mol. The van der Waals surface area contributed by atoms with E-state index in [2.05, 4.69) is 27.3 Å². The second-order valence-corrected chi connectivity index (χ2v) is 7.65. The third-order valence-corrected chi connectivity index (χ3v) is 5.67. The van der Waals surface area contributed by atoms with Gasteiger partial charge in [-0.05, 0) is 55.9 Å². The molecule has 8 heteroatoms. The molecule has 1 aromatic carbocycles. The minimum Gasteiger partial charge on any atom is -0.357 e. The predicted octanol–water partition coefficient (Wildman–Crippen LogP) is 4.35. The highest BCUT2D eigenvalue weighted by molar-refractivity contribution is 14.0. The molecule has 4 rings (SSSR count). The molecule has 1 aromatic heterocycles. The maximum atomic E-state index is 5.92. The molecule has 1 saturated heterocycles. The highest BCUT2D eigenvalue weighted by Crippen LogP contribution is 2.47. The van der Waals surface area contributed by atoms with Gasteiger partial charge in [-0.3, -0.25) is 0 Å². The Bertz CT molecular complexity index is 788. The average Bonchev–Trinajstić information content (AvgIpc) is 3.26. The van der Waals surface area contributed by atoms with E-state index < -0.39 is 0 Å². The Kier molecular flexibility index (Phi) is 6.62. The van der Waals surface area contributed by atoms with Crippen molar-refractivity contribution in [1.82, 2.24) is 20.4 Å². The van der Waals surface area contributed by atoms with Gasteiger partial charge < -0.3 is 14.7 Å². The topological polar surface area (TPSA) is 66.5 Å². The number of nitrogens with zero attached hydrogens (tertiary/aromatic N) is 4. The van der Waals surface area contributed by atoms with Gasteiger partial charge in [0.15, 0.2) is 5.96 Å². The maximum absolute atomic E-state index is 5.92. The molecule has 1 aliphatic carbocycles. The van der Waals surface area contributed by atoms with E-state index in [1.54, 1.807) is 0 Å². The van der Waals surface area contributed by atoms with E-state index in [0.29, 0.717) is 28.7 Å². The molecular weight excluding hydrogens is 477 g/mol. The van der Waals surface area contributed by atoms with Gasteiger partial charge in [0.1, 0.15) is 6.54 Å². The lowest BCUT2D eigenvalue weighted by Gasteiger charge is -2.38. The van der Waals surface area contributed by atoms with Crippen molar-refractivity contribution in [3.63, 3.8) is 0 Å². The summed E-state index contributed by atoms with van der Waals surface area (Å²) in [6, 6.07) is 7.40. The van der Waals surface area contributed by atoms with Crippen molar-refractivity contribution in [3.05, 3.63) is 35.2 Å². The lowest BCUT2D eigenvalue weighted by Crippen LogP contribution is -2.42. The van der Waals surface area contributed by atoms with Crippen LogP contribution in [-0.4, -0.2) is 40.6 Å². The summed E-state index contributed by atoms with van der Waals surface area (Å²) in [7, 11) is 0. The number of rotatable bonds is 4. The molecular formula is C19H25ClIN5O. The molecule has 2 heterocycles. The van der Waals surface area contributed by atoms with Crippen LogP contribution in [0.15, 0.2) is 33.8 Å². The lowest BCUT2D eigenvalue weighted by atomic mass is 9.68. The predicted molar refractivity (Wildman–Crippen MR) is 117 cm³/mol. The van der Waals surface area contributed by atoms with Crippen LogP contribution >= 0.6 is 35.6 Å². The summed E-state index contributed by atoms with van der Waals surface area (Å²) in [5.41, 5.74) is 1.43. The molecule has 0 atom stereocenters. The normalized spacial score (nSPS) is 18.3. The number of aromatic nitrogens is 2. The van der Waals surface area contributed by atoms with Gasteiger partial charge in [0.2, 0.25) is 11.7 Å². The van der Waals surface area contributed by atoms with Crippen LogP contribution in [0.3, 0.4) is 0 Å². The van der Waals surface area contributed by atoms with Crippen molar-refractivity contribution in [2.75, 3.05) is 19.6 Å². The lowest BCUT2D eigenvalue weighted by molar-refractivity contribution is 0.151. The third kappa shape index (κ3) is 4.56. The average molecular weight is 502 g/mol. The van der Waals surface area contributed by atoms with Crippen molar-refractivity contribution < 1.29 is 4.52 Å². The highest BCUT2D eigenvalue weighted by Gasteiger charge is 2.43. The molecule has 0 radical (unpaired) electrons. The van der Waals surface area contributed by atoms with Gasteiger partial charge in [-0.2, -0.15) is 4.98 Å². The van der Waals surface area contributed by atoms with Crippen molar-refractivity contribution in [1.29, 1.82) is 0 Å². The first-order chi connectivity index (χ1) is 12.7. The molecule has 2 aromatic rings. The molecule has 0 unspecified atom stereocenters. The second-order valence-electron chi connectivity index (χ2n) is 7.21. The number of aliphatic imine (C=N–C) groups is 1. The summed E-state index contributed by atoms with van der Waals surface area (Å²) in [6.45, 7) is 5.51. The van der Waals surface area contributed by atoms with Crippen molar-refractivity contribution in [2.45, 2.75) is 39.2 Å². The molecule has 1 aliphatic heterocycles. The first-order valence-corrected chi connectivity index (χ1v) is 9.67. The third-order valence-electron chi connectivity index (χ3n) is 5.42. The molecule has 1 saturated carbocycles. The van der Waals surface area contributed by atoms with Crippen molar-refractivity contribution >= 4 is 41.5 Å². The standard InChI is InChI=1S/C19H24ClN5O.HI/c1-2-21-18(25-11-10-19(13-25)8-3-9-19)22-12-16-23-17(24-26-16)14-4-6-15(20)7-5-14;/h4-7H,2-3,8-13H2,1H3,(H,21,22);1H. The Labute approximate surface area is 181 Å². The zero-order valence-corrected chi connectivity index (χ0v) is 18.5. The summed E-state index contributed by atoms with van der Waals surface area (Å²) in [5, 5.41) is 8.13. The van der Waals surface area contributed by atoms with Crippen LogP contribution in [0, 0.1) is 5.41 Å². The molecule has 146 valence electrons. The molecule has 1 spiro atoms. The number of hydrogen-bond acceptors (Lipinski definition) is 4. The first-order valence-electron chi connectivity index (χ1n) is 9.29. The Hall–Kier alpha value is -1.35. The molecule has 2 fully saturated rings. The zero-order valence-electron chi connectivity index (χ0n) is 15.4. The minimum absolute atomic E-state index is 0. The van der Waals surface area contributed by atoms with Gasteiger partial charge in [-0.25, -0.2) is 4.99 Å². The summed E-state index contributed by atoms with van der Waals surface area (Å²) >= 11 is 5.92. The van der Waals surface area contributed by atoms with E-state index in [-0.39, 0.29) is 24.0 Å². The summed E-state index contributed by atoms with van der Waals surface area (Å²) in [5.74, 6) is 2.02. The van der Waals surface area contributed by atoms with Crippen LogP contribution in [0.25, 0.3) is 11.4 Å². The van der Waals surface area contributed by atoms with Gasteiger partial charge in [-0.15, -0.1) is 24.0 Å². The van der Waals surface area contributed by atoms with E-state index in [1.165, 1.54) is 25.7 Å². The first kappa shape index (κ1) is 20.4. The van der Waals surface area contributed by atoms with Gasteiger partial charge in [0.05, 0.1) is 0 Å². The molecule has 0 amide bonds. The molecule has 6 nitrogen and oxygen atoms in total. The van der Waals surface area contributed by atoms with Gasteiger partial charge in [0.25, 0.3) is 0 Å². The number of halogens is 2. The number of benzene rings is 1. The number of hydrogen-bond donors (Lipinski definition) is 1. The Morgan fingerprint density at radius 3 is 2.70 bits per heavy atom. The Morgan fingerprint density at radius 2 is 2.07 bits per heavy atom. The fourth-order valence-corrected chi connectivity index (χ4v) is 3.93. The Morgan fingerprint density at radius 1 is 1.30 bits per heavy atom. The summed E-state index contributed by atoms with van der Waals surface area (Å²) < 4.78 is 5.37. The van der Waals surface area contributed by atoms with Crippen LogP contribution in [0.2, 0.25) is 5.02 Å².